The van der Waals surface area contributed by atoms with E-state index < -0.39 is 0 Å². The Morgan fingerprint density at radius 2 is 2.03 bits per heavy atom. The molecule has 5 aromatic rings. The largest absolute Gasteiger partial charge is 0.384 e. The Labute approximate surface area is 173 Å². The fourth-order valence-electron chi connectivity index (χ4n) is 4.22. The molecule has 0 unspecified atom stereocenters. The van der Waals surface area contributed by atoms with Crippen LogP contribution in [0.5, 0.6) is 0 Å². The summed E-state index contributed by atoms with van der Waals surface area (Å²) in [6, 6.07) is 10.2. The van der Waals surface area contributed by atoms with Crippen LogP contribution < -0.4 is 16.1 Å². The van der Waals surface area contributed by atoms with Gasteiger partial charge in [-0.15, -0.1) is 0 Å². The molecule has 146 valence electrons. The molecule has 0 saturated carbocycles. The fourth-order valence-corrected chi connectivity index (χ4v) is 4.22. The van der Waals surface area contributed by atoms with Gasteiger partial charge in [0.1, 0.15) is 19.5 Å². The summed E-state index contributed by atoms with van der Waals surface area (Å²) in [4.78, 5) is 11.9. The van der Waals surface area contributed by atoms with E-state index in [0.29, 0.717) is 5.82 Å². The van der Waals surface area contributed by atoms with Gasteiger partial charge in [-0.2, -0.15) is 14.7 Å². The van der Waals surface area contributed by atoms with Crippen LogP contribution in [0, 0.1) is 0 Å². The van der Waals surface area contributed by atoms with Crippen molar-refractivity contribution in [3.05, 3.63) is 60.2 Å². The van der Waals surface area contributed by atoms with E-state index in [0.717, 1.165) is 58.5 Å². The number of nitrogens with two attached hydrogens (primary N) is 1. The lowest BCUT2D eigenvalue weighted by atomic mass is 9.95. The number of rotatable bonds is 2. The molecule has 1 aliphatic heterocycles. The highest BCUT2D eigenvalue weighted by Crippen LogP contribution is 2.29. The molecule has 5 heterocycles. The van der Waals surface area contributed by atoms with Crippen molar-refractivity contribution < 1.29 is 0 Å². The molecule has 0 spiro atoms. The molecular weight excluding hydrogens is 375 g/mol. The molecule has 0 radical (unpaired) electrons. The molecule has 0 atom stereocenters. The summed E-state index contributed by atoms with van der Waals surface area (Å²) in [5.74, 6) is 1.50. The minimum atomic E-state index is 0.605. The monoisotopic (exact) mass is 394 g/mol. The second-order valence-corrected chi connectivity index (χ2v) is 7.70. The van der Waals surface area contributed by atoms with Crippen LogP contribution in [0.3, 0.4) is 0 Å². The van der Waals surface area contributed by atoms with Crippen LogP contribution in [0.4, 0.5) is 11.6 Å². The van der Waals surface area contributed by atoms with E-state index in [9.17, 15) is 0 Å². The summed E-state index contributed by atoms with van der Waals surface area (Å²) in [6.07, 6.45) is 6.49. The zero-order chi connectivity index (χ0) is 20.2. The first-order chi connectivity index (χ1) is 14.7. The maximum atomic E-state index is 6.48. The zero-order valence-electron chi connectivity index (χ0n) is 16.5. The van der Waals surface area contributed by atoms with E-state index in [1.807, 2.05) is 44.6 Å². The normalized spacial score (nSPS) is 13.8. The first kappa shape index (κ1) is 17.0. The number of fused-ring (bicyclic) bond motifs is 3. The topological polar surface area (TPSA) is 101 Å². The molecule has 1 aromatic carbocycles. The molecule has 6 rings (SSSR count). The number of hydrogen-bond acceptors (Lipinski definition) is 6. The maximum absolute atomic E-state index is 6.48. The summed E-state index contributed by atoms with van der Waals surface area (Å²) < 4.78 is 1.72. The molecule has 0 aliphatic carbocycles. The van der Waals surface area contributed by atoms with Gasteiger partial charge in [0.25, 0.3) is 0 Å². The van der Waals surface area contributed by atoms with Crippen LogP contribution in [0.2, 0.25) is 0 Å². The average molecular weight is 394 g/mol. The lowest BCUT2D eigenvalue weighted by molar-refractivity contribution is 0.712. The van der Waals surface area contributed by atoms with Crippen LogP contribution in [-0.4, -0.2) is 44.2 Å². The molecule has 0 fully saturated rings. The predicted octanol–water partition coefficient (Wildman–Crippen LogP) is 1.07. The van der Waals surface area contributed by atoms with E-state index in [4.69, 9.17) is 10.7 Å². The molecule has 0 saturated heterocycles. The van der Waals surface area contributed by atoms with Gasteiger partial charge in [-0.05, 0) is 17.6 Å². The first-order valence-electron chi connectivity index (χ1n) is 9.94. The molecule has 30 heavy (non-hydrogen) atoms. The highest BCUT2D eigenvalue weighted by atomic mass is 15.3. The molecule has 3 N–H and O–H groups in total. The van der Waals surface area contributed by atoms with Crippen molar-refractivity contribution in [2.24, 2.45) is 0 Å². The van der Waals surface area contributed by atoms with Crippen molar-refractivity contribution in [2.75, 3.05) is 17.2 Å². The average Bonchev–Trinajstić information content (AvgIpc) is 3.42. The van der Waals surface area contributed by atoms with E-state index in [1.165, 1.54) is 11.3 Å². The molecule has 0 bridgehead atoms. The maximum Gasteiger partial charge on any atom is 0.167 e. The van der Waals surface area contributed by atoms with Crippen LogP contribution in [0.25, 0.3) is 27.7 Å². The zero-order valence-corrected chi connectivity index (χ0v) is 16.5. The lowest BCUT2D eigenvalue weighted by Gasteiger charge is -2.29. The summed E-state index contributed by atoms with van der Waals surface area (Å²) in [5, 5.41) is 12.9. The highest BCUT2D eigenvalue weighted by Gasteiger charge is 2.23. The number of anilines is 2. The highest BCUT2D eigenvalue weighted by molar-refractivity contribution is 6.38. The Bertz CT molecular complexity index is 1420. The fraction of sp³-hybridized carbons (Fsp3) is 0.143. The van der Waals surface area contributed by atoms with Crippen LogP contribution in [0.15, 0.2) is 48.9 Å². The van der Waals surface area contributed by atoms with Gasteiger partial charge in [-0.3, -0.25) is 10.1 Å². The smallest absolute Gasteiger partial charge is 0.167 e. The molecular formula is C21H19BN8. The van der Waals surface area contributed by atoms with Crippen LogP contribution in [-0.2, 0) is 13.0 Å². The third kappa shape index (κ3) is 2.48. The SMILES string of the molecule is Bc1c(N2CCc3[nH]ncc3C2)nc2c(-c3cnc4ccccc4c3)cnn2c1N. The number of nitrogens with one attached hydrogen (secondary N) is 1. The minimum absolute atomic E-state index is 0.605. The van der Waals surface area contributed by atoms with Crippen molar-refractivity contribution in [3.8, 4) is 11.1 Å². The van der Waals surface area contributed by atoms with Crippen LogP contribution in [0.1, 0.15) is 11.3 Å². The van der Waals surface area contributed by atoms with Crippen molar-refractivity contribution in [1.29, 1.82) is 0 Å². The number of benzene rings is 1. The van der Waals surface area contributed by atoms with Gasteiger partial charge in [0.05, 0.1) is 17.9 Å². The number of hydrogen-bond donors (Lipinski definition) is 2. The van der Waals surface area contributed by atoms with E-state index in [2.05, 4.69) is 37.3 Å². The Morgan fingerprint density at radius 1 is 1.13 bits per heavy atom. The number of nitrogen functional groups attached to an aromatic ring is 1. The second kappa shape index (κ2) is 6.31. The third-order valence-corrected chi connectivity index (χ3v) is 5.90. The number of para-hydroxylation sites is 1. The number of aromatic nitrogens is 6. The van der Waals surface area contributed by atoms with Gasteiger partial charge < -0.3 is 10.6 Å². The minimum Gasteiger partial charge on any atom is -0.384 e. The second-order valence-electron chi connectivity index (χ2n) is 7.70. The predicted molar refractivity (Wildman–Crippen MR) is 120 cm³/mol. The molecule has 1 aliphatic rings. The van der Waals surface area contributed by atoms with Crippen LogP contribution >= 0.6 is 0 Å². The quantitative estimate of drug-likeness (QED) is 0.435. The molecule has 0 amide bonds. The van der Waals surface area contributed by atoms with Crippen molar-refractivity contribution in [3.63, 3.8) is 0 Å². The number of aromatic amines is 1. The van der Waals surface area contributed by atoms with Gasteiger partial charge >= 0.3 is 0 Å². The molecule has 9 heteroatoms. The number of nitrogens with zero attached hydrogens (tertiary/aromatic N) is 6. The Balaban J connectivity index is 1.50. The summed E-state index contributed by atoms with van der Waals surface area (Å²) >= 11 is 0. The van der Waals surface area contributed by atoms with Gasteiger partial charge in [-0.1, -0.05) is 18.2 Å². The van der Waals surface area contributed by atoms with Gasteiger partial charge in [-0.25, -0.2) is 4.98 Å². The lowest BCUT2D eigenvalue weighted by Crippen LogP contribution is -2.36. The molecule has 8 nitrogen and oxygen atoms in total. The standard InChI is InChI=1S/C21H19BN8/c22-18-19(23)30-20(27-21(18)29-6-5-17-14(11-29)9-25-28-17)15(10-26-30)13-7-12-3-1-2-4-16(12)24-8-13/h1-4,7-10H,5-6,11,22-23H2,(H,25,28). The molecule has 4 aromatic heterocycles. The van der Waals surface area contributed by atoms with Gasteiger partial charge in [0.2, 0.25) is 0 Å². The summed E-state index contributed by atoms with van der Waals surface area (Å²) in [5.41, 5.74) is 13.4. The Kier molecular flexibility index (Phi) is 3.58. The third-order valence-electron chi connectivity index (χ3n) is 5.90. The van der Waals surface area contributed by atoms with Crippen molar-refractivity contribution in [1.82, 2.24) is 29.8 Å². The van der Waals surface area contributed by atoms with E-state index >= 15 is 0 Å². The Hall–Kier alpha value is -3.88. The number of H-pyrrole nitrogens is 1. The van der Waals surface area contributed by atoms with Crippen molar-refractivity contribution >= 4 is 41.5 Å². The van der Waals surface area contributed by atoms with Crippen molar-refractivity contribution in [2.45, 2.75) is 13.0 Å². The van der Waals surface area contributed by atoms with E-state index in [-0.39, 0.29) is 0 Å². The van der Waals surface area contributed by atoms with Gasteiger partial charge in [0, 0.05) is 53.5 Å². The summed E-state index contributed by atoms with van der Waals surface area (Å²) in [6.45, 7) is 1.62. The Morgan fingerprint density at radius 3 is 2.97 bits per heavy atom. The van der Waals surface area contributed by atoms with Gasteiger partial charge in [0.15, 0.2) is 5.65 Å². The van der Waals surface area contributed by atoms with E-state index in [1.54, 1.807) is 4.52 Å². The number of pyridine rings is 1. The summed E-state index contributed by atoms with van der Waals surface area (Å²) in [7, 11) is 2.00. The first-order valence-corrected chi connectivity index (χ1v) is 9.94.